The summed E-state index contributed by atoms with van der Waals surface area (Å²) in [7, 11) is 0. The maximum Gasteiger partial charge on any atom is 0.0786 e. The van der Waals surface area contributed by atoms with Gasteiger partial charge in [0, 0.05) is 18.9 Å². The maximum atomic E-state index is 10.1. The van der Waals surface area contributed by atoms with Gasteiger partial charge < -0.3 is 10.4 Å². The summed E-state index contributed by atoms with van der Waals surface area (Å²) in [5.41, 5.74) is 0.711. The van der Waals surface area contributed by atoms with Gasteiger partial charge in [0.25, 0.3) is 0 Å². The fourth-order valence-electron chi connectivity index (χ4n) is 1.87. The predicted molar refractivity (Wildman–Crippen MR) is 55.0 cm³/mol. The molecule has 76 valence electrons. The molecule has 0 radical (unpaired) electrons. The number of aromatic nitrogens is 1. The van der Waals surface area contributed by atoms with Crippen molar-refractivity contribution in [3.8, 4) is 0 Å². The topological polar surface area (TPSA) is 45.2 Å². The summed E-state index contributed by atoms with van der Waals surface area (Å²) in [6.07, 6.45) is 6.24. The molecule has 0 aromatic carbocycles. The largest absolute Gasteiger partial charge is 0.389 e. The molecule has 1 aromatic heterocycles. The van der Waals surface area contributed by atoms with E-state index >= 15 is 0 Å². The van der Waals surface area contributed by atoms with Crippen LogP contribution in [0, 0.1) is 0 Å². The molecule has 1 unspecified atom stereocenters. The molecule has 0 saturated carbocycles. The molecule has 1 atom stereocenters. The van der Waals surface area contributed by atoms with Crippen LogP contribution in [0.3, 0.4) is 0 Å². The summed E-state index contributed by atoms with van der Waals surface area (Å²) in [6.45, 7) is 1.66. The zero-order valence-electron chi connectivity index (χ0n) is 8.24. The van der Waals surface area contributed by atoms with Crippen LogP contribution in [0.25, 0.3) is 0 Å². The molecular formula is C11H16N2O. The van der Waals surface area contributed by atoms with E-state index in [0.29, 0.717) is 0 Å². The van der Waals surface area contributed by atoms with Crippen molar-refractivity contribution in [2.24, 2.45) is 0 Å². The zero-order valence-corrected chi connectivity index (χ0v) is 8.24. The van der Waals surface area contributed by atoms with Crippen molar-refractivity contribution >= 4 is 0 Å². The summed E-state index contributed by atoms with van der Waals surface area (Å²) in [5.74, 6) is 0. The lowest BCUT2D eigenvalue weighted by atomic mass is 9.95. The molecule has 1 aliphatic rings. The highest BCUT2D eigenvalue weighted by atomic mass is 16.3. The minimum Gasteiger partial charge on any atom is -0.389 e. The molecule has 1 fully saturated rings. The monoisotopic (exact) mass is 192 g/mol. The van der Waals surface area contributed by atoms with E-state index in [0.717, 1.165) is 32.4 Å². The Morgan fingerprint density at radius 1 is 1.57 bits per heavy atom. The second-order valence-corrected chi connectivity index (χ2v) is 4.01. The van der Waals surface area contributed by atoms with Gasteiger partial charge in [0.05, 0.1) is 5.60 Å². The van der Waals surface area contributed by atoms with Gasteiger partial charge in [-0.15, -0.1) is 0 Å². The second kappa shape index (κ2) is 4.07. The molecule has 0 bridgehead atoms. The lowest BCUT2D eigenvalue weighted by Gasteiger charge is -2.20. The number of rotatable bonds is 3. The zero-order chi connectivity index (χ0) is 9.86. The van der Waals surface area contributed by atoms with Gasteiger partial charge in [-0.3, -0.25) is 4.98 Å². The van der Waals surface area contributed by atoms with Gasteiger partial charge in [0.15, 0.2) is 0 Å². The Hall–Kier alpha value is -0.930. The number of aryl methyl sites for hydroxylation is 1. The third kappa shape index (κ3) is 2.30. The third-order valence-electron chi connectivity index (χ3n) is 2.82. The Bertz CT molecular complexity index is 281. The van der Waals surface area contributed by atoms with Gasteiger partial charge in [-0.1, -0.05) is 6.07 Å². The second-order valence-electron chi connectivity index (χ2n) is 4.01. The van der Waals surface area contributed by atoms with Crippen molar-refractivity contribution in [3.05, 3.63) is 30.1 Å². The van der Waals surface area contributed by atoms with Gasteiger partial charge in [-0.2, -0.15) is 0 Å². The molecule has 2 heterocycles. The molecule has 3 nitrogen and oxygen atoms in total. The predicted octanol–water partition coefficient (Wildman–Crippen LogP) is 0.739. The SMILES string of the molecule is OC1(CCc2cccnc2)CCNC1. The molecule has 0 spiro atoms. The molecule has 1 aliphatic heterocycles. The van der Waals surface area contributed by atoms with Crippen molar-refractivity contribution < 1.29 is 5.11 Å². The molecule has 3 heteroatoms. The van der Waals surface area contributed by atoms with Crippen molar-refractivity contribution in [1.29, 1.82) is 0 Å². The Kier molecular flexibility index (Phi) is 2.79. The summed E-state index contributed by atoms with van der Waals surface area (Å²) in [5, 5.41) is 13.3. The summed E-state index contributed by atoms with van der Waals surface area (Å²) in [6, 6.07) is 3.99. The number of hydrogen-bond acceptors (Lipinski definition) is 3. The first-order valence-corrected chi connectivity index (χ1v) is 5.11. The molecule has 0 aliphatic carbocycles. The number of nitrogens with one attached hydrogen (secondary N) is 1. The summed E-state index contributed by atoms with van der Waals surface area (Å²) >= 11 is 0. The van der Waals surface area contributed by atoms with Crippen LogP contribution >= 0.6 is 0 Å². The normalized spacial score (nSPS) is 26.6. The fourth-order valence-corrected chi connectivity index (χ4v) is 1.87. The fraction of sp³-hybridized carbons (Fsp3) is 0.545. The van der Waals surface area contributed by atoms with Crippen molar-refractivity contribution in [3.63, 3.8) is 0 Å². The van der Waals surface area contributed by atoms with Crippen LogP contribution in [0.2, 0.25) is 0 Å². The number of nitrogens with zero attached hydrogens (tertiary/aromatic N) is 1. The smallest absolute Gasteiger partial charge is 0.0786 e. The lowest BCUT2D eigenvalue weighted by molar-refractivity contribution is 0.0526. The van der Waals surface area contributed by atoms with Crippen LogP contribution in [-0.2, 0) is 6.42 Å². The van der Waals surface area contributed by atoms with E-state index in [9.17, 15) is 5.11 Å². The Morgan fingerprint density at radius 2 is 2.50 bits per heavy atom. The molecule has 1 saturated heterocycles. The minimum absolute atomic E-state index is 0.490. The van der Waals surface area contributed by atoms with E-state index in [1.807, 2.05) is 12.3 Å². The van der Waals surface area contributed by atoms with E-state index in [1.54, 1.807) is 6.20 Å². The number of hydrogen-bond donors (Lipinski definition) is 2. The van der Waals surface area contributed by atoms with Crippen molar-refractivity contribution in [2.75, 3.05) is 13.1 Å². The molecule has 2 rings (SSSR count). The van der Waals surface area contributed by atoms with Gasteiger partial charge in [0.2, 0.25) is 0 Å². The van der Waals surface area contributed by atoms with Gasteiger partial charge >= 0.3 is 0 Å². The van der Waals surface area contributed by atoms with Crippen LogP contribution in [0.15, 0.2) is 24.5 Å². The Labute approximate surface area is 84.2 Å². The molecule has 1 aromatic rings. The molecule has 2 N–H and O–H groups in total. The van der Waals surface area contributed by atoms with Gasteiger partial charge in [0.1, 0.15) is 0 Å². The maximum absolute atomic E-state index is 10.1. The molecule has 14 heavy (non-hydrogen) atoms. The van der Waals surface area contributed by atoms with Crippen molar-refractivity contribution in [1.82, 2.24) is 10.3 Å². The first-order chi connectivity index (χ1) is 6.79. The quantitative estimate of drug-likeness (QED) is 0.742. The Morgan fingerprint density at radius 3 is 3.14 bits per heavy atom. The van der Waals surface area contributed by atoms with E-state index < -0.39 is 5.60 Å². The molecule has 0 amide bonds. The third-order valence-corrected chi connectivity index (χ3v) is 2.82. The first-order valence-electron chi connectivity index (χ1n) is 5.11. The van der Waals surface area contributed by atoms with Gasteiger partial charge in [-0.05, 0) is 37.4 Å². The summed E-state index contributed by atoms with van der Waals surface area (Å²) < 4.78 is 0. The molecular weight excluding hydrogens is 176 g/mol. The van der Waals surface area contributed by atoms with Crippen molar-refractivity contribution in [2.45, 2.75) is 24.9 Å². The minimum atomic E-state index is -0.490. The highest BCUT2D eigenvalue weighted by Gasteiger charge is 2.30. The van der Waals surface area contributed by atoms with Crippen LogP contribution in [0.5, 0.6) is 0 Å². The van der Waals surface area contributed by atoms with E-state index in [4.69, 9.17) is 0 Å². The van der Waals surface area contributed by atoms with E-state index in [1.165, 1.54) is 5.56 Å². The standard InChI is InChI=1S/C11H16N2O/c14-11(5-7-13-9-11)4-3-10-2-1-6-12-8-10/h1-2,6,8,13-14H,3-5,7,9H2. The van der Waals surface area contributed by atoms with E-state index in [-0.39, 0.29) is 0 Å². The number of pyridine rings is 1. The van der Waals surface area contributed by atoms with Gasteiger partial charge in [-0.25, -0.2) is 0 Å². The van der Waals surface area contributed by atoms with Crippen LogP contribution in [0.4, 0.5) is 0 Å². The highest BCUT2D eigenvalue weighted by Crippen LogP contribution is 2.20. The number of aliphatic hydroxyl groups is 1. The van der Waals surface area contributed by atoms with E-state index in [2.05, 4.69) is 16.4 Å². The Balaban J connectivity index is 1.88. The average Bonchev–Trinajstić information content (AvgIpc) is 2.65. The summed E-state index contributed by atoms with van der Waals surface area (Å²) in [4.78, 5) is 4.06. The number of β-amino-alcohol motifs (C(OH)–C–C–N with tert-alkyl or cyclic N) is 1. The van der Waals surface area contributed by atoms with Crippen LogP contribution < -0.4 is 5.32 Å². The highest BCUT2D eigenvalue weighted by molar-refractivity contribution is 5.09. The average molecular weight is 192 g/mol. The van der Waals surface area contributed by atoms with Crippen LogP contribution in [-0.4, -0.2) is 28.8 Å². The van der Waals surface area contributed by atoms with Crippen LogP contribution in [0.1, 0.15) is 18.4 Å². The first kappa shape index (κ1) is 9.62. The lowest BCUT2D eigenvalue weighted by Crippen LogP contribution is -2.31.